The summed E-state index contributed by atoms with van der Waals surface area (Å²) < 4.78 is 1.21. The second-order valence-corrected chi connectivity index (χ2v) is 5.46. The summed E-state index contributed by atoms with van der Waals surface area (Å²) in [4.78, 5) is 4.33. The van der Waals surface area contributed by atoms with Crippen LogP contribution in [0.2, 0.25) is 0 Å². The summed E-state index contributed by atoms with van der Waals surface area (Å²) in [6, 6.07) is 4.05. The van der Waals surface area contributed by atoms with Gasteiger partial charge in [-0.15, -0.1) is 11.3 Å². The summed E-state index contributed by atoms with van der Waals surface area (Å²) in [5.74, 6) is 0.838. The van der Waals surface area contributed by atoms with Crippen LogP contribution in [0.3, 0.4) is 0 Å². The lowest BCUT2D eigenvalue weighted by atomic mass is 9.99. The van der Waals surface area contributed by atoms with Crippen molar-refractivity contribution in [3.05, 3.63) is 23.7 Å². The van der Waals surface area contributed by atoms with Gasteiger partial charge in [-0.25, -0.2) is 4.98 Å². The second-order valence-electron chi connectivity index (χ2n) is 4.51. The Morgan fingerprint density at radius 2 is 2.19 bits per heavy atom. The minimum absolute atomic E-state index is 0.386. The fourth-order valence-corrected chi connectivity index (χ4v) is 2.19. The molecular formula is C12H16N2OS. The molecule has 1 unspecified atom stereocenters. The molecule has 2 heterocycles. The summed E-state index contributed by atoms with van der Waals surface area (Å²) in [6.07, 6.45) is 1.35. The number of thiophene rings is 1. The number of nitrogens with one attached hydrogen (secondary N) is 1. The van der Waals surface area contributed by atoms with Crippen molar-refractivity contribution in [3.63, 3.8) is 0 Å². The van der Waals surface area contributed by atoms with Gasteiger partial charge in [0.15, 0.2) is 0 Å². The lowest BCUT2D eigenvalue weighted by molar-refractivity contribution is 0.133. The van der Waals surface area contributed by atoms with E-state index in [9.17, 15) is 5.11 Å². The molecule has 2 aromatic rings. The van der Waals surface area contributed by atoms with Crippen LogP contribution >= 0.6 is 11.3 Å². The molecule has 0 fully saturated rings. The smallest absolute Gasteiger partial charge is 0.135 e. The van der Waals surface area contributed by atoms with E-state index in [1.165, 1.54) is 4.70 Å². The predicted octanol–water partition coefficient (Wildman–Crippen LogP) is 2.87. The van der Waals surface area contributed by atoms with Crippen molar-refractivity contribution in [1.29, 1.82) is 0 Å². The maximum atomic E-state index is 9.68. The summed E-state index contributed by atoms with van der Waals surface area (Å²) >= 11 is 1.69. The molecule has 0 spiro atoms. The summed E-state index contributed by atoms with van der Waals surface area (Å²) in [7, 11) is 0. The molecule has 4 heteroatoms. The lowest BCUT2D eigenvalue weighted by Crippen LogP contribution is -2.42. The Bertz CT molecular complexity index is 490. The van der Waals surface area contributed by atoms with Gasteiger partial charge in [0.05, 0.1) is 11.6 Å². The maximum Gasteiger partial charge on any atom is 0.135 e. The number of anilines is 1. The first-order valence-electron chi connectivity index (χ1n) is 5.29. The third-order valence-corrected chi connectivity index (χ3v) is 3.75. The Kier molecular flexibility index (Phi) is 2.86. The molecule has 2 rings (SSSR count). The molecule has 0 saturated heterocycles. The van der Waals surface area contributed by atoms with Crippen molar-refractivity contribution in [2.75, 3.05) is 5.32 Å². The molecule has 0 saturated carbocycles. The van der Waals surface area contributed by atoms with Gasteiger partial charge in [-0.3, -0.25) is 0 Å². The molecule has 0 radical (unpaired) electrons. The largest absolute Gasteiger partial charge is 0.391 e. The minimum atomic E-state index is -0.441. The molecule has 2 N–H and O–H groups in total. The Morgan fingerprint density at radius 1 is 1.44 bits per heavy atom. The van der Waals surface area contributed by atoms with E-state index in [0.717, 1.165) is 11.2 Å². The first-order chi connectivity index (χ1) is 7.50. The van der Waals surface area contributed by atoms with E-state index in [1.807, 2.05) is 31.4 Å². The second kappa shape index (κ2) is 4.03. The highest BCUT2D eigenvalue weighted by molar-refractivity contribution is 7.17. The van der Waals surface area contributed by atoms with Crippen molar-refractivity contribution in [2.24, 2.45) is 0 Å². The van der Waals surface area contributed by atoms with Crippen LogP contribution in [0.4, 0.5) is 5.82 Å². The van der Waals surface area contributed by atoms with Crippen molar-refractivity contribution in [1.82, 2.24) is 4.98 Å². The number of aromatic nitrogens is 1. The highest BCUT2D eigenvalue weighted by Gasteiger charge is 2.24. The van der Waals surface area contributed by atoms with Gasteiger partial charge in [-0.05, 0) is 38.3 Å². The van der Waals surface area contributed by atoms with Crippen LogP contribution in [0.25, 0.3) is 10.1 Å². The molecule has 0 aliphatic heterocycles. The first-order valence-corrected chi connectivity index (χ1v) is 6.17. The average molecular weight is 236 g/mol. The standard InChI is InChI=1S/C12H16N2OS/c1-8(15)12(2,3)14-11-9-5-7-16-10(9)4-6-13-11/h4-8,15H,1-3H3,(H,13,14). The average Bonchev–Trinajstić information content (AvgIpc) is 2.65. The Labute approximate surface area is 99.1 Å². The molecule has 3 nitrogen and oxygen atoms in total. The van der Waals surface area contributed by atoms with Gasteiger partial charge >= 0.3 is 0 Å². The summed E-state index contributed by atoms with van der Waals surface area (Å²) in [5, 5.41) is 16.1. The zero-order valence-corrected chi connectivity index (χ0v) is 10.5. The van der Waals surface area contributed by atoms with Crippen LogP contribution in [0, 0.1) is 0 Å². The van der Waals surface area contributed by atoms with Gasteiger partial charge < -0.3 is 10.4 Å². The monoisotopic (exact) mass is 236 g/mol. The zero-order valence-electron chi connectivity index (χ0n) is 9.69. The molecular weight excluding hydrogens is 220 g/mol. The van der Waals surface area contributed by atoms with Crippen molar-refractivity contribution < 1.29 is 5.11 Å². The van der Waals surface area contributed by atoms with Gasteiger partial charge in [0.2, 0.25) is 0 Å². The van der Waals surface area contributed by atoms with Crippen LogP contribution in [-0.2, 0) is 0 Å². The molecule has 0 aliphatic rings. The number of aliphatic hydroxyl groups excluding tert-OH is 1. The SMILES string of the molecule is CC(O)C(C)(C)Nc1nccc2sccc12. The highest BCUT2D eigenvalue weighted by atomic mass is 32.1. The number of pyridine rings is 1. The molecule has 0 bridgehead atoms. The number of hydrogen-bond donors (Lipinski definition) is 2. The predicted molar refractivity (Wildman–Crippen MR) is 69.0 cm³/mol. The van der Waals surface area contributed by atoms with Crippen molar-refractivity contribution in [2.45, 2.75) is 32.4 Å². The molecule has 86 valence electrons. The van der Waals surface area contributed by atoms with E-state index in [1.54, 1.807) is 24.5 Å². The van der Waals surface area contributed by atoms with Crippen LogP contribution in [0.15, 0.2) is 23.7 Å². The fourth-order valence-electron chi connectivity index (χ4n) is 1.40. The van der Waals surface area contributed by atoms with Crippen LogP contribution in [0.5, 0.6) is 0 Å². The van der Waals surface area contributed by atoms with Gasteiger partial charge in [0, 0.05) is 16.3 Å². The molecule has 2 aromatic heterocycles. The van der Waals surface area contributed by atoms with Crippen LogP contribution in [-0.4, -0.2) is 21.7 Å². The summed E-state index contributed by atoms with van der Waals surface area (Å²) in [6.45, 7) is 5.70. The van der Waals surface area contributed by atoms with E-state index >= 15 is 0 Å². The topological polar surface area (TPSA) is 45.1 Å². The van der Waals surface area contributed by atoms with E-state index in [0.29, 0.717) is 0 Å². The Hall–Kier alpha value is -1.13. The number of hydrogen-bond acceptors (Lipinski definition) is 4. The van der Waals surface area contributed by atoms with Crippen molar-refractivity contribution in [3.8, 4) is 0 Å². The van der Waals surface area contributed by atoms with Crippen molar-refractivity contribution >= 4 is 27.2 Å². The Balaban J connectivity index is 2.37. The third kappa shape index (κ3) is 2.03. The molecule has 1 atom stereocenters. The molecule has 0 aromatic carbocycles. The normalized spacial score (nSPS) is 14.0. The highest BCUT2D eigenvalue weighted by Crippen LogP contribution is 2.28. The third-order valence-electron chi connectivity index (χ3n) is 2.86. The van der Waals surface area contributed by atoms with E-state index in [2.05, 4.69) is 10.3 Å². The van der Waals surface area contributed by atoms with E-state index in [4.69, 9.17) is 0 Å². The fraction of sp³-hybridized carbons (Fsp3) is 0.417. The van der Waals surface area contributed by atoms with Gasteiger partial charge in [0.25, 0.3) is 0 Å². The van der Waals surface area contributed by atoms with Crippen LogP contribution < -0.4 is 5.32 Å². The number of nitrogens with zero attached hydrogens (tertiary/aromatic N) is 1. The number of rotatable bonds is 3. The van der Waals surface area contributed by atoms with E-state index < -0.39 is 6.10 Å². The Morgan fingerprint density at radius 3 is 2.88 bits per heavy atom. The maximum absolute atomic E-state index is 9.68. The molecule has 0 amide bonds. The molecule has 0 aliphatic carbocycles. The first kappa shape index (κ1) is 11.4. The number of aliphatic hydroxyl groups is 1. The van der Waals surface area contributed by atoms with Gasteiger partial charge in [-0.1, -0.05) is 0 Å². The summed E-state index contributed by atoms with van der Waals surface area (Å²) in [5.41, 5.74) is -0.386. The quantitative estimate of drug-likeness (QED) is 0.861. The van der Waals surface area contributed by atoms with Gasteiger partial charge in [-0.2, -0.15) is 0 Å². The zero-order chi connectivity index (χ0) is 11.8. The van der Waals surface area contributed by atoms with E-state index in [-0.39, 0.29) is 5.54 Å². The lowest BCUT2D eigenvalue weighted by Gasteiger charge is -2.30. The van der Waals surface area contributed by atoms with Gasteiger partial charge in [0.1, 0.15) is 5.82 Å². The minimum Gasteiger partial charge on any atom is -0.391 e. The molecule has 16 heavy (non-hydrogen) atoms. The van der Waals surface area contributed by atoms with Crippen LogP contribution in [0.1, 0.15) is 20.8 Å². The number of fused-ring (bicyclic) bond motifs is 1.